The number of methoxy groups -OCH3 is 1. The van der Waals surface area contributed by atoms with Gasteiger partial charge in [0.1, 0.15) is 12.2 Å². The summed E-state index contributed by atoms with van der Waals surface area (Å²) in [6.07, 6.45) is 2.94. The van der Waals surface area contributed by atoms with Crippen molar-refractivity contribution in [3.05, 3.63) is 75.8 Å². The van der Waals surface area contributed by atoms with Gasteiger partial charge in [0.2, 0.25) is 0 Å². The van der Waals surface area contributed by atoms with Crippen molar-refractivity contribution >= 4 is 57.1 Å². The summed E-state index contributed by atoms with van der Waals surface area (Å²) in [6.45, 7) is 3.87. The minimum atomic E-state index is -1.02. The second-order valence-electron chi connectivity index (χ2n) is 6.84. The summed E-state index contributed by atoms with van der Waals surface area (Å²) in [5.41, 5.74) is 1.25. The summed E-state index contributed by atoms with van der Waals surface area (Å²) < 4.78 is 11.8. The predicted octanol–water partition coefficient (Wildman–Crippen LogP) is 3.55. The molecule has 2 aromatic rings. The first kappa shape index (κ1) is 24.1. The van der Waals surface area contributed by atoms with Gasteiger partial charge in [-0.3, -0.25) is 19.8 Å². The van der Waals surface area contributed by atoms with Gasteiger partial charge in [-0.15, -0.1) is 6.58 Å². The zero-order valence-electron chi connectivity index (χ0n) is 17.5. The Morgan fingerprint density at radius 3 is 2.70 bits per heavy atom. The van der Waals surface area contributed by atoms with Gasteiger partial charge in [-0.1, -0.05) is 34.1 Å². The molecule has 2 amide bonds. The number of carbonyl (C=O) groups excluding carboxylic acids is 2. The van der Waals surface area contributed by atoms with Crippen LogP contribution >= 0.6 is 28.1 Å². The first-order chi connectivity index (χ1) is 15.7. The number of carbonyl (C=O) groups is 3. The first-order valence-electron chi connectivity index (χ1n) is 9.57. The second kappa shape index (κ2) is 10.4. The van der Waals surface area contributed by atoms with Crippen molar-refractivity contribution in [2.75, 3.05) is 13.7 Å². The number of thiocarbonyl (C=S) groups is 1. The maximum Gasteiger partial charge on any atom is 0.335 e. The number of hydrogen-bond acceptors (Lipinski definition) is 6. The molecule has 2 aromatic carbocycles. The molecule has 0 aliphatic carbocycles. The molecule has 170 valence electrons. The number of amides is 2. The number of aromatic carboxylic acids is 1. The molecule has 10 heteroatoms. The molecule has 0 spiro atoms. The minimum Gasteiger partial charge on any atom is -0.493 e. The van der Waals surface area contributed by atoms with Crippen molar-refractivity contribution < 1.29 is 29.0 Å². The molecule has 0 aromatic heterocycles. The van der Waals surface area contributed by atoms with Crippen LogP contribution in [0.5, 0.6) is 11.5 Å². The average Bonchev–Trinajstić information content (AvgIpc) is 2.79. The summed E-state index contributed by atoms with van der Waals surface area (Å²) in [7, 11) is 1.46. The van der Waals surface area contributed by atoms with Crippen molar-refractivity contribution in [1.29, 1.82) is 0 Å². The van der Waals surface area contributed by atoms with Crippen LogP contribution in [-0.2, 0) is 16.2 Å². The Bertz CT molecular complexity index is 1190. The van der Waals surface area contributed by atoms with Gasteiger partial charge in [0.05, 0.1) is 12.7 Å². The monoisotopic (exact) mass is 530 g/mol. The van der Waals surface area contributed by atoms with E-state index in [1.165, 1.54) is 36.3 Å². The van der Waals surface area contributed by atoms with Gasteiger partial charge in [0, 0.05) is 11.0 Å². The van der Waals surface area contributed by atoms with Gasteiger partial charge in [-0.05, 0) is 53.7 Å². The van der Waals surface area contributed by atoms with Gasteiger partial charge in [0.25, 0.3) is 11.8 Å². The molecule has 1 fully saturated rings. The Balaban J connectivity index is 1.88. The van der Waals surface area contributed by atoms with E-state index in [9.17, 15) is 14.4 Å². The molecule has 0 bridgehead atoms. The fraction of sp³-hybridized carbons (Fsp3) is 0.130. The highest BCUT2D eigenvalue weighted by atomic mass is 79.9. The van der Waals surface area contributed by atoms with E-state index < -0.39 is 17.8 Å². The molecule has 1 saturated heterocycles. The number of halogens is 1. The van der Waals surface area contributed by atoms with E-state index in [4.69, 9.17) is 26.8 Å². The van der Waals surface area contributed by atoms with Crippen LogP contribution in [-0.4, -0.2) is 46.6 Å². The molecule has 1 aliphatic rings. The standard InChI is InChI=1S/C23H19BrN2O6S/c1-3-7-26-21(28)16(20(27)25-23(26)33)9-15-10-18(31-2)19(11-17(15)24)32-12-13-5-4-6-14(8-13)22(29)30/h3-6,8-11H,1,7,12H2,2H3,(H,29,30)(H,25,27,33)/b16-9+. The zero-order chi connectivity index (χ0) is 24.1. The van der Waals surface area contributed by atoms with Crippen LogP contribution in [0.1, 0.15) is 21.5 Å². The van der Waals surface area contributed by atoms with Crippen LogP contribution in [0.2, 0.25) is 0 Å². The number of nitrogens with zero attached hydrogens (tertiary/aromatic N) is 1. The lowest BCUT2D eigenvalue weighted by atomic mass is 10.1. The molecule has 0 saturated carbocycles. The molecule has 3 rings (SSSR count). The Hall–Kier alpha value is -3.50. The molecule has 0 radical (unpaired) electrons. The molecule has 1 aliphatic heterocycles. The van der Waals surface area contributed by atoms with Crippen LogP contribution in [0.4, 0.5) is 0 Å². The Morgan fingerprint density at radius 1 is 1.27 bits per heavy atom. The molecule has 8 nitrogen and oxygen atoms in total. The summed E-state index contributed by atoms with van der Waals surface area (Å²) in [5.74, 6) is -1.41. The Morgan fingerprint density at radius 2 is 2.03 bits per heavy atom. The normalized spacial score (nSPS) is 14.8. The van der Waals surface area contributed by atoms with Crippen LogP contribution in [0, 0.1) is 0 Å². The van der Waals surface area contributed by atoms with Gasteiger partial charge in [0.15, 0.2) is 16.6 Å². The van der Waals surface area contributed by atoms with Crippen molar-refractivity contribution in [2.24, 2.45) is 0 Å². The molecule has 0 atom stereocenters. The molecule has 33 heavy (non-hydrogen) atoms. The summed E-state index contributed by atoms with van der Waals surface area (Å²) >= 11 is 8.49. The van der Waals surface area contributed by atoms with E-state index in [0.29, 0.717) is 27.1 Å². The third-order valence-corrected chi connectivity index (χ3v) is 5.66. The van der Waals surface area contributed by atoms with Crippen molar-refractivity contribution in [3.63, 3.8) is 0 Å². The highest BCUT2D eigenvalue weighted by Gasteiger charge is 2.32. The van der Waals surface area contributed by atoms with Crippen molar-refractivity contribution in [3.8, 4) is 11.5 Å². The fourth-order valence-electron chi connectivity index (χ4n) is 3.03. The lowest BCUT2D eigenvalue weighted by Gasteiger charge is -2.27. The highest BCUT2D eigenvalue weighted by molar-refractivity contribution is 9.10. The maximum atomic E-state index is 12.8. The lowest BCUT2D eigenvalue weighted by Crippen LogP contribution is -2.53. The first-order valence-corrected chi connectivity index (χ1v) is 10.8. The van der Waals surface area contributed by atoms with Crippen molar-refractivity contribution in [1.82, 2.24) is 10.2 Å². The van der Waals surface area contributed by atoms with Crippen LogP contribution in [0.15, 0.2) is 59.1 Å². The highest BCUT2D eigenvalue weighted by Crippen LogP contribution is 2.35. The number of benzene rings is 2. The van der Waals surface area contributed by atoms with Gasteiger partial charge >= 0.3 is 5.97 Å². The lowest BCUT2D eigenvalue weighted by molar-refractivity contribution is -0.128. The third-order valence-electron chi connectivity index (χ3n) is 4.65. The van der Waals surface area contributed by atoms with E-state index in [2.05, 4.69) is 27.8 Å². The van der Waals surface area contributed by atoms with Gasteiger partial charge in [-0.2, -0.15) is 0 Å². The average molecular weight is 531 g/mol. The second-order valence-corrected chi connectivity index (χ2v) is 8.08. The molecular weight excluding hydrogens is 512 g/mol. The number of carboxylic acids is 1. The fourth-order valence-corrected chi connectivity index (χ4v) is 3.72. The summed E-state index contributed by atoms with van der Waals surface area (Å²) in [5, 5.41) is 11.7. The quantitative estimate of drug-likeness (QED) is 0.232. The molecular formula is C23H19BrN2O6S. The predicted molar refractivity (Wildman–Crippen MR) is 129 cm³/mol. The van der Waals surface area contributed by atoms with E-state index >= 15 is 0 Å². The molecule has 2 N–H and O–H groups in total. The van der Waals surface area contributed by atoms with E-state index in [1.807, 2.05) is 0 Å². The number of carboxylic acid groups (broad SMARTS) is 1. The van der Waals surface area contributed by atoms with E-state index in [0.717, 1.165) is 0 Å². The third kappa shape index (κ3) is 5.47. The van der Waals surface area contributed by atoms with Crippen LogP contribution in [0.25, 0.3) is 6.08 Å². The number of ether oxygens (including phenoxy) is 2. The van der Waals surface area contributed by atoms with Crippen LogP contribution < -0.4 is 14.8 Å². The van der Waals surface area contributed by atoms with Gasteiger partial charge < -0.3 is 14.6 Å². The summed E-state index contributed by atoms with van der Waals surface area (Å²) in [6, 6.07) is 9.67. The topological polar surface area (TPSA) is 105 Å². The van der Waals surface area contributed by atoms with E-state index in [-0.39, 0.29) is 29.4 Å². The Labute approximate surface area is 203 Å². The number of hydrogen-bond donors (Lipinski definition) is 2. The number of nitrogens with one attached hydrogen (secondary N) is 1. The molecule has 1 heterocycles. The minimum absolute atomic E-state index is 0.0226. The smallest absolute Gasteiger partial charge is 0.335 e. The van der Waals surface area contributed by atoms with Crippen molar-refractivity contribution in [2.45, 2.75) is 6.61 Å². The largest absolute Gasteiger partial charge is 0.493 e. The van der Waals surface area contributed by atoms with E-state index in [1.54, 1.807) is 24.3 Å². The van der Waals surface area contributed by atoms with Crippen LogP contribution in [0.3, 0.4) is 0 Å². The maximum absolute atomic E-state index is 12.8. The summed E-state index contributed by atoms with van der Waals surface area (Å²) in [4.78, 5) is 37.5. The SMILES string of the molecule is C=CCN1C(=O)/C(=C/c2cc(OC)c(OCc3cccc(C(=O)O)c3)cc2Br)C(=O)NC1=S. The zero-order valence-corrected chi connectivity index (χ0v) is 19.9. The van der Waals surface area contributed by atoms with Gasteiger partial charge in [-0.25, -0.2) is 4.79 Å². The molecule has 0 unspecified atom stereocenters. The number of rotatable bonds is 8. The Kier molecular flexibility index (Phi) is 7.62.